The second-order valence-corrected chi connectivity index (χ2v) is 6.12. The molecule has 1 aromatic rings. The molecular weight excluding hydrogens is 264 g/mol. The second-order valence-electron chi connectivity index (χ2n) is 6.12. The Hall–Kier alpha value is -1.55. The molecule has 3 atom stereocenters. The van der Waals surface area contributed by atoms with Gasteiger partial charge in [-0.2, -0.15) is 0 Å². The van der Waals surface area contributed by atoms with Crippen LogP contribution in [0, 0.1) is 5.92 Å². The number of anilines is 1. The van der Waals surface area contributed by atoms with Crippen LogP contribution in [0.5, 0.6) is 0 Å². The highest BCUT2D eigenvalue weighted by Gasteiger charge is 2.21. The number of rotatable bonds is 3. The lowest BCUT2D eigenvalue weighted by molar-refractivity contribution is 0.199. The highest BCUT2D eigenvalue weighted by Crippen LogP contribution is 2.23. The predicted octanol–water partition coefficient (Wildman–Crippen LogP) is 3.83. The van der Waals surface area contributed by atoms with Crippen molar-refractivity contribution >= 4 is 11.7 Å². The summed E-state index contributed by atoms with van der Waals surface area (Å²) in [6, 6.07) is 7.42. The fourth-order valence-electron chi connectivity index (χ4n) is 2.89. The van der Waals surface area contributed by atoms with E-state index in [-0.39, 0.29) is 12.1 Å². The van der Waals surface area contributed by atoms with Gasteiger partial charge in [0.15, 0.2) is 0 Å². The number of carbonyl (C=O) groups excluding carboxylic acids is 1. The van der Waals surface area contributed by atoms with Gasteiger partial charge in [-0.25, -0.2) is 4.79 Å². The zero-order chi connectivity index (χ0) is 15.2. The molecule has 2 amide bonds. The molecule has 4 heteroatoms. The molecule has 0 aromatic heterocycles. The van der Waals surface area contributed by atoms with Crippen LogP contribution in [0.25, 0.3) is 0 Å². The first-order chi connectivity index (χ1) is 10.1. The Morgan fingerprint density at radius 1 is 1.19 bits per heavy atom. The average Bonchev–Trinajstić information content (AvgIpc) is 2.65. The lowest BCUT2D eigenvalue weighted by atomic mass is 9.97. The topological polar surface area (TPSA) is 61.4 Å². The number of benzene rings is 1. The van der Waals surface area contributed by atoms with Crippen LogP contribution in [0.4, 0.5) is 10.5 Å². The summed E-state index contributed by atoms with van der Waals surface area (Å²) in [7, 11) is 0. The Morgan fingerprint density at radius 3 is 2.52 bits per heavy atom. The van der Waals surface area contributed by atoms with Gasteiger partial charge in [0.1, 0.15) is 0 Å². The van der Waals surface area contributed by atoms with Crippen molar-refractivity contribution in [2.45, 2.75) is 58.1 Å². The maximum absolute atomic E-state index is 12.1. The summed E-state index contributed by atoms with van der Waals surface area (Å²) in [6.07, 6.45) is 5.49. The van der Waals surface area contributed by atoms with Gasteiger partial charge in [0.2, 0.25) is 0 Å². The van der Waals surface area contributed by atoms with E-state index in [4.69, 9.17) is 0 Å². The molecule has 116 valence electrons. The summed E-state index contributed by atoms with van der Waals surface area (Å²) in [5.74, 6) is 0.538. The summed E-state index contributed by atoms with van der Waals surface area (Å²) in [5, 5.41) is 15.4. The maximum Gasteiger partial charge on any atom is 0.319 e. The van der Waals surface area contributed by atoms with Gasteiger partial charge in [0.05, 0.1) is 6.10 Å². The second kappa shape index (κ2) is 7.46. The Balaban J connectivity index is 1.88. The van der Waals surface area contributed by atoms with Gasteiger partial charge < -0.3 is 15.7 Å². The van der Waals surface area contributed by atoms with E-state index in [2.05, 4.69) is 17.6 Å². The number of nitrogens with one attached hydrogen (secondary N) is 2. The van der Waals surface area contributed by atoms with E-state index in [0.29, 0.717) is 5.92 Å². The highest BCUT2D eigenvalue weighted by molar-refractivity contribution is 5.89. The molecule has 0 bridgehead atoms. The van der Waals surface area contributed by atoms with E-state index in [1.165, 1.54) is 25.7 Å². The van der Waals surface area contributed by atoms with E-state index < -0.39 is 6.10 Å². The number of carbonyl (C=O) groups is 1. The lowest BCUT2D eigenvalue weighted by Gasteiger charge is -2.23. The zero-order valence-corrected chi connectivity index (χ0v) is 12.9. The van der Waals surface area contributed by atoms with Gasteiger partial charge in [0.25, 0.3) is 0 Å². The molecule has 2 rings (SSSR count). The molecule has 0 heterocycles. The van der Waals surface area contributed by atoms with Gasteiger partial charge in [-0.3, -0.25) is 0 Å². The molecule has 1 aliphatic carbocycles. The number of urea groups is 1. The van der Waals surface area contributed by atoms with E-state index in [1.807, 2.05) is 24.3 Å². The number of aliphatic hydroxyl groups excluding tert-OH is 1. The molecule has 1 aliphatic rings. The van der Waals surface area contributed by atoms with Gasteiger partial charge in [-0.15, -0.1) is 0 Å². The Morgan fingerprint density at radius 2 is 1.86 bits per heavy atom. The standard InChI is InChI=1S/C17H26N2O2/c1-12-6-4-3-5-7-16(12)19-17(21)18-15-10-8-14(9-11-15)13(2)20/h8-13,16,20H,3-7H2,1-2H3,(H2,18,19,21). The smallest absolute Gasteiger partial charge is 0.319 e. The van der Waals surface area contributed by atoms with Crippen molar-refractivity contribution in [2.24, 2.45) is 5.92 Å². The minimum atomic E-state index is -0.486. The molecular formula is C17H26N2O2. The summed E-state index contributed by atoms with van der Waals surface area (Å²) in [5.41, 5.74) is 1.59. The first-order valence-electron chi connectivity index (χ1n) is 7.92. The van der Waals surface area contributed by atoms with Crippen LogP contribution in [0.1, 0.15) is 57.6 Å². The highest BCUT2D eigenvalue weighted by atomic mass is 16.3. The van der Waals surface area contributed by atoms with Crippen LogP contribution in [-0.2, 0) is 0 Å². The van der Waals surface area contributed by atoms with Crippen LogP contribution in [0.15, 0.2) is 24.3 Å². The van der Waals surface area contributed by atoms with Crippen molar-refractivity contribution in [1.82, 2.24) is 5.32 Å². The summed E-state index contributed by atoms with van der Waals surface area (Å²) >= 11 is 0. The molecule has 1 saturated carbocycles. The molecule has 0 aliphatic heterocycles. The van der Waals surface area contributed by atoms with E-state index >= 15 is 0 Å². The largest absolute Gasteiger partial charge is 0.389 e. The predicted molar refractivity (Wildman–Crippen MR) is 85.3 cm³/mol. The van der Waals surface area contributed by atoms with E-state index in [1.54, 1.807) is 6.92 Å². The molecule has 4 nitrogen and oxygen atoms in total. The van der Waals surface area contributed by atoms with Crippen molar-refractivity contribution in [3.63, 3.8) is 0 Å². The summed E-state index contributed by atoms with van der Waals surface area (Å²) in [4.78, 5) is 12.1. The fraction of sp³-hybridized carbons (Fsp3) is 0.588. The molecule has 1 fully saturated rings. The molecule has 0 saturated heterocycles. The van der Waals surface area contributed by atoms with E-state index in [0.717, 1.165) is 17.7 Å². The first-order valence-corrected chi connectivity index (χ1v) is 7.92. The summed E-state index contributed by atoms with van der Waals surface area (Å²) < 4.78 is 0. The molecule has 0 radical (unpaired) electrons. The Kier molecular flexibility index (Phi) is 5.62. The van der Waals surface area contributed by atoms with Crippen LogP contribution in [-0.4, -0.2) is 17.2 Å². The normalized spacial score (nSPS) is 24.0. The third-order valence-corrected chi connectivity index (χ3v) is 4.33. The van der Waals surface area contributed by atoms with Crippen molar-refractivity contribution in [1.29, 1.82) is 0 Å². The monoisotopic (exact) mass is 290 g/mol. The molecule has 3 unspecified atom stereocenters. The third kappa shape index (κ3) is 4.74. The van der Waals surface area contributed by atoms with Crippen molar-refractivity contribution < 1.29 is 9.90 Å². The zero-order valence-electron chi connectivity index (χ0n) is 12.9. The van der Waals surface area contributed by atoms with Crippen LogP contribution >= 0.6 is 0 Å². The Bertz CT molecular complexity index is 456. The van der Waals surface area contributed by atoms with Crippen LogP contribution in [0.2, 0.25) is 0 Å². The molecule has 3 N–H and O–H groups in total. The van der Waals surface area contributed by atoms with Crippen molar-refractivity contribution in [3.05, 3.63) is 29.8 Å². The minimum Gasteiger partial charge on any atom is -0.389 e. The average molecular weight is 290 g/mol. The Labute approximate surface area is 126 Å². The van der Waals surface area contributed by atoms with Crippen LogP contribution in [0.3, 0.4) is 0 Å². The number of hydrogen-bond donors (Lipinski definition) is 3. The first kappa shape index (κ1) is 15.8. The quantitative estimate of drug-likeness (QED) is 0.741. The van der Waals surface area contributed by atoms with Gasteiger partial charge in [-0.05, 0) is 43.4 Å². The van der Waals surface area contributed by atoms with Crippen molar-refractivity contribution in [3.8, 4) is 0 Å². The lowest BCUT2D eigenvalue weighted by Crippen LogP contribution is -2.41. The van der Waals surface area contributed by atoms with Crippen molar-refractivity contribution in [2.75, 3.05) is 5.32 Å². The van der Waals surface area contributed by atoms with Crippen LogP contribution < -0.4 is 10.6 Å². The number of amides is 2. The molecule has 0 spiro atoms. The summed E-state index contributed by atoms with van der Waals surface area (Å²) in [6.45, 7) is 3.94. The molecule has 1 aromatic carbocycles. The van der Waals surface area contributed by atoms with Gasteiger partial charge >= 0.3 is 6.03 Å². The minimum absolute atomic E-state index is 0.140. The SMILES string of the molecule is CC(O)c1ccc(NC(=O)NC2CCCCCC2C)cc1. The van der Waals surface area contributed by atoms with Gasteiger partial charge in [-0.1, -0.05) is 38.3 Å². The number of aliphatic hydroxyl groups is 1. The molecule has 21 heavy (non-hydrogen) atoms. The number of hydrogen-bond acceptors (Lipinski definition) is 2. The third-order valence-electron chi connectivity index (χ3n) is 4.33. The van der Waals surface area contributed by atoms with Gasteiger partial charge in [0, 0.05) is 11.7 Å². The maximum atomic E-state index is 12.1. The van der Waals surface area contributed by atoms with E-state index in [9.17, 15) is 9.90 Å². The fourth-order valence-corrected chi connectivity index (χ4v) is 2.89.